The number of rotatable bonds is 4. The lowest BCUT2D eigenvalue weighted by Crippen LogP contribution is -2.48. The van der Waals surface area contributed by atoms with Crippen LogP contribution in [0.15, 0.2) is 0 Å². The summed E-state index contributed by atoms with van der Waals surface area (Å²) in [6.07, 6.45) is 5.06. The molecule has 1 saturated carbocycles. The van der Waals surface area contributed by atoms with E-state index in [0.717, 1.165) is 49.8 Å². The van der Waals surface area contributed by atoms with Gasteiger partial charge in [0.2, 0.25) is 0 Å². The van der Waals surface area contributed by atoms with Gasteiger partial charge < -0.3 is 15.3 Å². The Kier molecular flexibility index (Phi) is 6.02. The van der Waals surface area contributed by atoms with Gasteiger partial charge in [-0.3, -0.25) is 0 Å². The van der Waals surface area contributed by atoms with Crippen molar-refractivity contribution < 1.29 is 9.90 Å². The molecule has 0 aromatic carbocycles. The van der Waals surface area contributed by atoms with Crippen LogP contribution in [0, 0.1) is 5.92 Å². The molecule has 3 atom stereocenters. The molecule has 0 aromatic heterocycles. The Morgan fingerprint density at radius 2 is 2.05 bits per heavy atom. The zero-order chi connectivity index (χ0) is 14.5. The third-order valence-electron chi connectivity index (χ3n) is 4.62. The van der Waals surface area contributed by atoms with Crippen molar-refractivity contribution >= 4 is 17.8 Å². The number of carbonyl (C=O) groups excluding carboxylic acids is 1. The van der Waals surface area contributed by atoms with Crippen LogP contribution in [0.3, 0.4) is 0 Å². The molecule has 20 heavy (non-hydrogen) atoms. The van der Waals surface area contributed by atoms with Gasteiger partial charge in [-0.1, -0.05) is 6.92 Å². The van der Waals surface area contributed by atoms with Crippen molar-refractivity contribution in [3.63, 3.8) is 0 Å². The van der Waals surface area contributed by atoms with E-state index in [1.165, 1.54) is 6.42 Å². The number of hydrogen-bond acceptors (Lipinski definition) is 3. The summed E-state index contributed by atoms with van der Waals surface area (Å²) in [4.78, 5) is 14.2. The number of aliphatic hydroxyl groups excluding tert-OH is 1. The fraction of sp³-hybridized carbons (Fsp3) is 0.933. The SMILES string of the molecule is CCSC1CCC(NC(=O)N2CCC(C(C)O)CC2)C1. The molecule has 2 N–H and O–H groups in total. The lowest BCUT2D eigenvalue weighted by molar-refractivity contribution is 0.0793. The van der Waals surface area contributed by atoms with E-state index in [4.69, 9.17) is 0 Å². The summed E-state index contributed by atoms with van der Waals surface area (Å²) in [5.74, 6) is 1.52. The molecule has 5 heteroatoms. The largest absolute Gasteiger partial charge is 0.393 e. The topological polar surface area (TPSA) is 52.6 Å². The Bertz CT molecular complexity index is 317. The number of carbonyl (C=O) groups is 1. The van der Waals surface area contributed by atoms with E-state index >= 15 is 0 Å². The maximum Gasteiger partial charge on any atom is 0.317 e. The number of likely N-dealkylation sites (tertiary alicyclic amines) is 1. The van der Waals surface area contributed by atoms with Crippen molar-refractivity contribution in [1.82, 2.24) is 10.2 Å². The van der Waals surface area contributed by atoms with E-state index in [9.17, 15) is 9.90 Å². The van der Waals surface area contributed by atoms with Gasteiger partial charge in [-0.25, -0.2) is 4.79 Å². The Balaban J connectivity index is 1.71. The zero-order valence-electron chi connectivity index (χ0n) is 12.7. The van der Waals surface area contributed by atoms with Crippen molar-refractivity contribution in [3.8, 4) is 0 Å². The van der Waals surface area contributed by atoms with Gasteiger partial charge in [0.05, 0.1) is 6.10 Å². The van der Waals surface area contributed by atoms with Crippen LogP contribution in [0.5, 0.6) is 0 Å². The van der Waals surface area contributed by atoms with Crippen LogP contribution in [-0.2, 0) is 0 Å². The van der Waals surface area contributed by atoms with Crippen molar-refractivity contribution in [2.75, 3.05) is 18.8 Å². The molecule has 3 unspecified atom stereocenters. The third kappa shape index (κ3) is 4.29. The van der Waals surface area contributed by atoms with Crippen LogP contribution < -0.4 is 5.32 Å². The van der Waals surface area contributed by atoms with Gasteiger partial charge in [0, 0.05) is 24.4 Å². The molecule has 0 aromatic rings. The molecule has 2 aliphatic rings. The van der Waals surface area contributed by atoms with Gasteiger partial charge in [-0.05, 0) is 50.7 Å². The second kappa shape index (κ2) is 7.55. The average molecular weight is 300 g/mol. The zero-order valence-corrected chi connectivity index (χ0v) is 13.5. The first-order valence-corrected chi connectivity index (χ1v) is 9.00. The third-order valence-corrected chi connectivity index (χ3v) is 5.86. The lowest BCUT2D eigenvalue weighted by Gasteiger charge is -2.34. The van der Waals surface area contributed by atoms with Crippen LogP contribution in [-0.4, -0.2) is 52.3 Å². The summed E-state index contributed by atoms with van der Waals surface area (Å²) in [7, 11) is 0. The highest BCUT2D eigenvalue weighted by atomic mass is 32.2. The average Bonchev–Trinajstić information content (AvgIpc) is 2.86. The highest BCUT2D eigenvalue weighted by Gasteiger charge is 2.29. The molecule has 0 bridgehead atoms. The number of urea groups is 1. The first-order valence-electron chi connectivity index (χ1n) is 7.95. The molecule has 2 fully saturated rings. The van der Waals surface area contributed by atoms with Crippen molar-refractivity contribution in [3.05, 3.63) is 0 Å². The predicted molar refractivity (Wildman–Crippen MR) is 84.1 cm³/mol. The smallest absolute Gasteiger partial charge is 0.317 e. The molecular weight excluding hydrogens is 272 g/mol. The number of aliphatic hydroxyl groups is 1. The van der Waals surface area contributed by atoms with E-state index in [2.05, 4.69) is 12.2 Å². The van der Waals surface area contributed by atoms with Crippen molar-refractivity contribution in [2.24, 2.45) is 5.92 Å². The fourth-order valence-electron chi connectivity index (χ4n) is 3.31. The van der Waals surface area contributed by atoms with E-state index in [1.54, 1.807) is 0 Å². The fourth-order valence-corrected chi connectivity index (χ4v) is 4.45. The second-order valence-corrected chi connectivity index (χ2v) is 7.68. The Labute approximate surface area is 126 Å². The van der Waals surface area contributed by atoms with Gasteiger partial charge in [0.25, 0.3) is 0 Å². The molecule has 0 radical (unpaired) electrons. The summed E-state index contributed by atoms with van der Waals surface area (Å²) >= 11 is 2.02. The summed E-state index contributed by atoms with van der Waals surface area (Å²) < 4.78 is 0. The van der Waals surface area contributed by atoms with E-state index in [1.807, 2.05) is 23.6 Å². The van der Waals surface area contributed by atoms with Crippen molar-refractivity contribution in [2.45, 2.75) is 63.3 Å². The van der Waals surface area contributed by atoms with Crippen LogP contribution in [0.1, 0.15) is 46.0 Å². The minimum absolute atomic E-state index is 0.0983. The molecule has 0 spiro atoms. The summed E-state index contributed by atoms with van der Waals surface area (Å²) in [5.41, 5.74) is 0. The summed E-state index contributed by atoms with van der Waals surface area (Å²) in [5, 5.41) is 13.5. The standard InChI is InChI=1S/C15H28N2O2S/c1-3-20-14-5-4-13(10-14)16-15(19)17-8-6-12(7-9-17)11(2)18/h11-14,18H,3-10H2,1-2H3,(H,16,19). The molecule has 2 rings (SSSR count). The van der Waals surface area contributed by atoms with Crippen molar-refractivity contribution in [1.29, 1.82) is 0 Å². The Morgan fingerprint density at radius 3 is 2.65 bits per heavy atom. The van der Waals surface area contributed by atoms with Crippen LogP contribution >= 0.6 is 11.8 Å². The van der Waals surface area contributed by atoms with E-state index in [0.29, 0.717) is 12.0 Å². The Morgan fingerprint density at radius 1 is 1.35 bits per heavy atom. The maximum atomic E-state index is 12.2. The normalized spacial score (nSPS) is 29.4. The predicted octanol–water partition coefficient (Wildman–Crippen LogP) is 2.46. The van der Waals surface area contributed by atoms with Gasteiger partial charge in [-0.2, -0.15) is 11.8 Å². The quantitative estimate of drug-likeness (QED) is 0.838. The Hall–Kier alpha value is -0.420. The molecule has 1 aliphatic carbocycles. The molecule has 1 aliphatic heterocycles. The van der Waals surface area contributed by atoms with Gasteiger partial charge in [0.15, 0.2) is 0 Å². The van der Waals surface area contributed by atoms with Crippen LogP contribution in [0.2, 0.25) is 0 Å². The van der Waals surface area contributed by atoms with Gasteiger partial charge in [-0.15, -0.1) is 0 Å². The number of amides is 2. The molecule has 2 amide bonds. The monoisotopic (exact) mass is 300 g/mol. The molecule has 116 valence electrons. The molecular formula is C15H28N2O2S. The number of piperidine rings is 1. The first-order chi connectivity index (χ1) is 9.60. The highest BCUT2D eigenvalue weighted by Crippen LogP contribution is 2.30. The van der Waals surface area contributed by atoms with Gasteiger partial charge >= 0.3 is 6.03 Å². The van der Waals surface area contributed by atoms with Crippen LogP contribution in [0.4, 0.5) is 4.79 Å². The number of thioether (sulfide) groups is 1. The van der Waals surface area contributed by atoms with Gasteiger partial charge in [0.1, 0.15) is 0 Å². The number of hydrogen-bond donors (Lipinski definition) is 2. The highest BCUT2D eigenvalue weighted by molar-refractivity contribution is 7.99. The lowest BCUT2D eigenvalue weighted by atomic mass is 9.92. The molecule has 1 heterocycles. The van der Waals surface area contributed by atoms with E-state index < -0.39 is 0 Å². The second-order valence-electron chi connectivity index (χ2n) is 6.10. The first kappa shape index (κ1) is 16.0. The maximum absolute atomic E-state index is 12.2. The van der Waals surface area contributed by atoms with E-state index in [-0.39, 0.29) is 12.1 Å². The minimum atomic E-state index is -0.248. The molecule has 4 nitrogen and oxygen atoms in total. The summed E-state index contributed by atoms with van der Waals surface area (Å²) in [6.45, 7) is 5.61. The minimum Gasteiger partial charge on any atom is -0.393 e. The molecule has 1 saturated heterocycles. The number of nitrogens with zero attached hydrogens (tertiary/aromatic N) is 1. The van der Waals surface area contributed by atoms with Crippen LogP contribution in [0.25, 0.3) is 0 Å². The number of nitrogens with one attached hydrogen (secondary N) is 1. The summed E-state index contributed by atoms with van der Waals surface area (Å²) in [6, 6.07) is 0.460.